The van der Waals surface area contributed by atoms with Crippen molar-refractivity contribution in [3.63, 3.8) is 0 Å². The molecule has 20 heavy (non-hydrogen) atoms. The lowest BCUT2D eigenvalue weighted by molar-refractivity contribution is -0.141. The van der Waals surface area contributed by atoms with Crippen LogP contribution in [0, 0.1) is 11.8 Å². The standard InChI is InChI=1S/C15H28N2O3/c1-4-6-12(14(18)19)10-16-15(20)17(3)13-8-5-7-11(2)9-13/h11-13H,4-10H2,1-3H3,(H,16,20)(H,18,19). The molecule has 116 valence electrons. The number of nitrogens with zero attached hydrogens (tertiary/aromatic N) is 1. The molecule has 1 aliphatic rings. The summed E-state index contributed by atoms with van der Waals surface area (Å²) < 4.78 is 0. The highest BCUT2D eigenvalue weighted by molar-refractivity contribution is 5.76. The maximum absolute atomic E-state index is 12.1. The molecule has 0 aromatic carbocycles. The first kappa shape index (κ1) is 16.8. The van der Waals surface area contributed by atoms with Gasteiger partial charge in [0.2, 0.25) is 0 Å². The summed E-state index contributed by atoms with van der Waals surface area (Å²) >= 11 is 0. The van der Waals surface area contributed by atoms with Crippen LogP contribution in [0.25, 0.3) is 0 Å². The zero-order valence-electron chi connectivity index (χ0n) is 12.9. The van der Waals surface area contributed by atoms with Crippen molar-refractivity contribution < 1.29 is 14.7 Å². The number of amides is 2. The third kappa shape index (κ3) is 5.02. The van der Waals surface area contributed by atoms with E-state index in [-0.39, 0.29) is 18.6 Å². The summed E-state index contributed by atoms with van der Waals surface area (Å²) in [5.41, 5.74) is 0. The fourth-order valence-electron chi connectivity index (χ4n) is 2.92. The molecule has 2 amide bonds. The largest absolute Gasteiger partial charge is 0.481 e. The van der Waals surface area contributed by atoms with E-state index in [1.807, 2.05) is 14.0 Å². The van der Waals surface area contributed by atoms with Gasteiger partial charge in [-0.2, -0.15) is 0 Å². The maximum Gasteiger partial charge on any atom is 0.317 e. The van der Waals surface area contributed by atoms with Gasteiger partial charge in [0.15, 0.2) is 0 Å². The minimum atomic E-state index is -0.832. The second kappa shape index (κ2) is 8.12. The lowest BCUT2D eigenvalue weighted by atomic mass is 9.86. The van der Waals surface area contributed by atoms with Crippen molar-refractivity contribution in [2.24, 2.45) is 11.8 Å². The Bertz CT molecular complexity index is 333. The first-order valence-electron chi connectivity index (χ1n) is 7.69. The zero-order valence-corrected chi connectivity index (χ0v) is 12.9. The van der Waals surface area contributed by atoms with Gasteiger partial charge in [-0.1, -0.05) is 33.1 Å². The van der Waals surface area contributed by atoms with E-state index in [0.29, 0.717) is 12.3 Å². The van der Waals surface area contributed by atoms with E-state index in [1.165, 1.54) is 6.42 Å². The third-order valence-electron chi connectivity index (χ3n) is 4.26. The Balaban J connectivity index is 2.42. The topological polar surface area (TPSA) is 69.6 Å². The Morgan fingerprint density at radius 3 is 2.65 bits per heavy atom. The number of carbonyl (C=O) groups excluding carboxylic acids is 1. The number of carboxylic acid groups (broad SMARTS) is 1. The SMILES string of the molecule is CCCC(CNC(=O)N(C)C1CCCC(C)C1)C(=O)O. The Morgan fingerprint density at radius 1 is 1.40 bits per heavy atom. The van der Waals surface area contributed by atoms with E-state index in [2.05, 4.69) is 12.2 Å². The highest BCUT2D eigenvalue weighted by Crippen LogP contribution is 2.26. The van der Waals surface area contributed by atoms with Crippen molar-refractivity contribution in [2.45, 2.75) is 58.4 Å². The van der Waals surface area contributed by atoms with Gasteiger partial charge in [-0.3, -0.25) is 4.79 Å². The fraction of sp³-hybridized carbons (Fsp3) is 0.867. The van der Waals surface area contributed by atoms with Crippen LogP contribution >= 0.6 is 0 Å². The predicted molar refractivity (Wildman–Crippen MR) is 78.6 cm³/mol. The van der Waals surface area contributed by atoms with Gasteiger partial charge in [0.25, 0.3) is 0 Å². The minimum Gasteiger partial charge on any atom is -0.481 e. The number of rotatable bonds is 6. The van der Waals surface area contributed by atoms with E-state index in [1.54, 1.807) is 4.90 Å². The maximum atomic E-state index is 12.1. The van der Waals surface area contributed by atoms with Gasteiger partial charge in [0.05, 0.1) is 5.92 Å². The summed E-state index contributed by atoms with van der Waals surface area (Å²) in [5.74, 6) is -0.653. The summed E-state index contributed by atoms with van der Waals surface area (Å²) in [6.45, 7) is 4.39. The summed E-state index contributed by atoms with van der Waals surface area (Å²) in [5, 5.41) is 11.8. The Kier molecular flexibility index (Phi) is 6.82. The van der Waals surface area contributed by atoms with Gasteiger partial charge < -0.3 is 15.3 Å². The number of carbonyl (C=O) groups is 2. The molecule has 1 rings (SSSR count). The first-order chi connectivity index (χ1) is 9.45. The number of hydrogen-bond acceptors (Lipinski definition) is 2. The molecule has 0 heterocycles. The molecule has 1 fully saturated rings. The molecule has 0 saturated heterocycles. The van der Waals surface area contributed by atoms with Crippen LogP contribution < -0.4 is 5.32 Å². The van der Waals surface area contributed by atoms with Gasteiger partial charge in [-0.15, -0.1) is 0 Å². The zero-order chi connectivity index (χ0) is 15.1. The molecule has 5 heteroatoms. The molecule has 0 aliphatic heterocycles. The van der Waals surface area contributed by atoms with Crippen molar-refractivity contribution in [1.29, 1.82) is 0 Å². The minimum absolute atomic E-state index is 0.147. The first-order valence-corrected chi connectivity index (χ1v) is 7.69. The van der Waals surface area contributed by atoms with Crippen molar-refractivity contribution >= 4 is 12.0 Å². The average molecular weight is 284 g/mol. The number of carboxylic acids is 1. The molecule has 1 aliphatic carbocycles. The van der Waals surface area contributed by atoms with Crippen LogP contribution in [0.4, 0.5) is 4.79 Å². The molecule has 3 atom stereocenters. The Morgan fingerprint density at radius 2 is 2.10 bits per heavy atom. The summed E-state index contributed by atoms with van der Waals surface area (Å²) in [6.07, 6.45) is 5.90. The summed E-state index contributed by atoms with van der Waals surface area (Å²) in [4.78, 5) is 24.9. The summed E-state index contributed by atoms with van der Waals surface area (Å²) in [6, 6.07) is 0.139. The average Bonchev–Trinajstić information content (AvgIpc) is 2.41. The van der Waals surface area contributed by atoms with Crippen LogP contribution in [0.15, 0.2) is 0 Å². The predicted octanol–water partition coefficient (Wildman–Crippen LogP) is 2.71. The van der Waals surface area contributed by atoms with Crippen LogP contribution in [0.1, 0.15) is 52.4 Å². The van der Waals surface area contributed by atoms with E-state index in [9.17, 15) is 9.59 Å². The number of aliphatic carboxylic acids is 1. The second-order valence-electron chi connectivity index (χ2n) is 6.05. The van der Waals surface area contributed by atoms with E-state index >= 15 is 0 Å². The van der Waals surface area contributed by atoms with E-state index in [0.717, 1.165) is 25.7 Å². The quantitative estimate of drug-likeness (QED) is 0.788. The van der Waals surface area contributed by atoms with Crippen molar-refractivity contribution in [1.82, 2.24) is 10.2 Å². The lowest BCUT2D eigenvalue weighted by Crippen LogP contribution is -2.47. The number of urea groups is 1. The molecule has 0 aromatic heterocycles. The molecule has 1 saturated carbocycles. The van der Waals surface area contributed by atoms with Gasteiger partial charge in [-0.05, 0) is 25.2 Å². The van der Waals surface area contributed by atoms with Crippen molar-refractivity contribution in [2.75, 3.05) is 13.6 Å². The molecule has 0 spiro atoms. The Labute approximate surface area is 121 Å². The van der Waals surface area contributed by atoms with Gasteiger partial charge in [0.1, 0.15) is 0 Å². The monoisotopic (exact) mass is 284 g/mol. The normalized spacial score (nSPS) is 23.9. The van der Waals surface area contributed by atoms with Gasteiger partial charge >= 0.3 is 12.0 Å². The molecule has 5 nitrogen and oxygen atoms in total. The highest BCUT2D eigenvalue weighted by Gasteiger charge is 2.26. The molecule has 0 aromatic rings. The smallest absolute Gasteiger partial charge is 0.317 e. The molecule has 0 bridgehead atoms. The molecular formula is C15H28N2O3. The van der Waals surface area contributed by atoms with Crippen LogP contribution in [0.5, 0.6) is 0 Å². The van der Waals surface area contributed by atoms with E-state index in [4.69, 9.17) is 5.11 Å². The molecule has 0 radical (unpaired) electrons. The van der Waals surface area contributed by atoms with Crippen molar-refractivity contribution in [3.8, 4) is 0 Å². The third-order valence-corrected chi connectivity index (χ3v) is 4.26. The van der Waals surface area contributed by atoms with Gasteiger partial charge in [-0.25, -0.2) is 4.79 Å². The molecule has 3 unspecified atom stereocenters. The van der Waals surface area contributed by atoms with E-state index < -0.39 is 11.9 Å². The van der Waals surface area contributed by atoms with Crippen LogP contribution in [0.3, 0.4) is 0 Å². The van der Waals surface area contributed by atoms with Crippen LogP contribution in [-0.4, -0.2) is 41.6 Å². The molecule has 2 N–H and O–H groups in total. The molecular weight excluding hydrogens is 256 g/mol. The Hall–Kier alpha value is -1.26. The fourth-order valence-corrected chi connectivity index (χ4v) is 2.92. The van der Waals surface area contributed by atoms with Crippen LogP contribution in [-0.2, 0) is 4.79 Å². The van der Waals surface area contributed by atoms with Crippen LogP contribution in [0.2, 0.25) is 0 Å². The number of nitrogens with one attached hydrogen (secondary N) is 1. The van der Waals surface area contributed by atoms with Gasteiger partial charge in [0, 0.05) is 19.6 Å². The lowest BCUT2D eigenvalue weighted by Gasteiger charge is -2.34. The number of hydrogen-bond donors (Lipinski definition) is 2. The second-order valence-corrected chi connectivity index (χ2v) is 6.05. The van der Waals surface area contributed by atoms with Crippen molar-refractivity contribution in [3.05, 3.63) is 0 Å². The summed E-state index contributed by atoms with van der Waals surface area (Å²) in [7, 11) is 1.81. The highest BCUT2D eigenvalue weighted by atomic mass is 16.4.